The standard InChI is InChI=1S/C15H15F3N2O3S/c1-4-24(22,23)8-14(2,21)13-6-9-5-12(19-3)10(15(16,17)18)7-11(9)20-13/h5-7,20-21H,4,8H2,1-2H3. The molecule has 130 valence electrons. The van der Waals surface area contributed by atoms with E-state index >= 15 is 0 Å². The molecule has 0 amide bonds. The van der Waals surface area contributed by atoms with E-state index in [0.29, 0.717) is 0 Å². The summed E-state index contributed by atoms with van der Waals surface area (Å²) >= 11 is 0. The number of hydrogen-bond donors (Lipinski definition) is 2. The van der Waals surface area contributed by atoms with E-state index in [0.717, 1.165) is 12.1 Å². The number of nitrogens with one attached hydrogen (secondary N) is 1. The maximum absolute atomic E-state index is 13.0. The van der Waals surface area contributed by atoms with Crippen molar-refractivity contribution in [3.63, 3.8) is 0 Å². The summed E-state index contributed by atoms with van der Waals surface area (Å²) in [6.45, 7) is 9.61. The molecule has 9 heteroatoms. The van der Waals surface area contributed by atoms with Crippen LogP contribution >= 0.6 is 0 Å². The van der Waals surface area contributed by atoms with Crippen LogP contribution in [0.4, 0.5) is 18.9 Å². The van der Waals surface area contributed by atoms with Gasteiger partial charge in [-0.3, -0.25) is 0 Å². The summed E-state index contributed by atoms with van der Waals surface area (Å²) in [5.41, 5.74) is -3.28. The zero-order valence-corrected chi connectivity index (χ0v) is 13.7. The van der Waals surface area contributed by atoms with E-state index in [4.69, 9.17) is 6.57 Å². The third-order valence-corrected chi connectivity index (χ3v) is 5.57. The Kier molecular flexibility index (Phi) is 4.41. The lowest BCUT2D eigenvalue weighted by Gasteiger charge is -2.21. The summed E-state index contributed by atoms with van der Waals surface area (Å²) in [6, 6.07) is 3.21. The average Bonchev–Trinajstić information content (AvgIpc) is 2.87. The van der Waals surface area contributed by atoms with Gasteiger partial charge in [0.05, 0.1) is 17.9 Å². The summed E-state index contributed by atoms with van der Waals surface area (Å²) < 4.78 is 62.4. The van der Waals surface area contributed by atoms with Crippen LogP contribution in [0.15, 0.2) is 18.2 Å². The molecule has 5 nitrogen and oxygen atoms in total. The zero-order chi connectivity index (χ0) is 18.3. The van der Waals surface area contributed by atoms with Crippen molar-refractivity contribution < 1.29 is 26.7 Å². The number of nitrogens with zero attached hydrogens (tertiary/aromatic N) is 1. The lowest BCUT2D eigenvalue weighted by atomic mass is 10.1. The highest BCUT2D eigenvalue weighted by Gasteiger charge is 2.35. The molecule has 0 spiro atoms. The molecule has 0 aliphatic rings. The van der Waals surface area contributed by atoms with Crippen LogP contribution < -0.4 is 0 Å². The van der Waals surface area contributed by atoms with E-state index in [-0.39, 0.29) is 22.3 Å². The summed E-state index contributed by atoms with van der Waals surface area (Å²) in [5.74, 6) is -0.728. The minimum absolute atomic E-state index is 0.0684. The van der Waals surface area contributed by atoms with Crippen molar-refractivity contribution in [3.8, 4) is 0 Å². The predicted molar refractivity (Wildman–Crippen MR) is 83.5 cm³/mol. The molecule has 0 bridgehead atoms. The molecule has 2 aromatic rings. The molecular weight excluding hydrogens is 345 g/mol. The van der Waals surface area contributed by atoms with Crippen molar-refractivity contribution >= 4 is 26.4 Å². The molecule has 1 heterocycles. The Morgan fingerprint density at radius 2 is 1.92 bits per heavy atom. The molecule has 24 heavy (non-hydrogen) atoms. The highest BCUT2D eigenvalue weighted by molar-refractivity contribution is 7.91. The fraction of sp³-hybridized carbons (Fsp3) is 0.400. The lowest BCUT2D eigenvalue weighted by molar-refractivity contribution is -0.136. The molecule has 1 unspecified atom stereocenters. The number of aliphatic hydroxyl groups is 1. The van der Waals surface area contributed by atoms with E-state index < -0.39 is 38.6 Å². The maximum Gasteiger partial charge on any atom is 0.407 e. The van der Waals surface area contributed by atoms with Crippen LogP contribution in [0.25, 0.3) is 15.7 Å². The number of sulfone groups is 1. The minimum atomic E-state index is -4.69. The van der Waals surface area contributed by atoms with Gasteiger partial charge in [-0.15, -0.1) is 0 Å². The predicted octanol–water partition coefficient (Wildman–Crippen LogP) is 3.38. The maximum atomic E-state index is 13.0. The van der Waals surface area contributed by atoms with Gasteiger partial charge in [0.1, 0.15) is 5.60 Å². The normalized spacial score (nSPS) is 15.2. The van der Waals surface area contributed by atoms with Crippen molar-refractivity contribution in [2.24, 2.45) is 0 Å². The first kappa shape index (κ1) is 18.3. The van der Waals surface area contributed by atoms with Gasteiger partial charge in [-0.2, -0.15) is 13.2 Å². The Morgan fingerprint density at radius 3 is 2.42 bits per heavy atom. The van der Waals surface area contributed by atoms with E-state index in [1.54, 1.807) is 0 Å². The highest BCUT2D eigenvalue weighted by Crippen LogP contribution is 2.39. The third kappa shape index (κ3) is 3.55. The molecule has 0 aliphatic heterocycles. The van der Waals surface area contributed by atoms with E-state index in [2.05, 4.69) is 9.83 Å². The van der Waals surface area contributed by atoms with Gasteiger partial charge in [0, 0.05) is 17.0 Å². The fourth-order valence-corrected chi connectivity index (χ4v) is 3.60. The number of hydrogen-bond acceptors (Lipinski definition) is 3. The van der Waals surface area contributed by atoms with Crippen LogP contribution in [0, 0.1) is 6.57 Å². The van der Waals surface area contributed by atoms with Crippen molar-refractivity contribution in [2.75, 3.05) is 11.5 Å². The molecule has 1 aromatic carbocycles. The van der Waals surface area contributed by atoms with Gasteiger partial charge in [0.25, 0.3) is 0 Å². The first-order chi connectivity index (χ1) is 10.9. The number of fused-ring (bicyclic) bond motifs is 1. The number of alkyl halides is 3. The van der Waals surface area contributed by atoms with Gasteiger partial charge in [0.15, 0.2) is 15.5 Å². The summed E-state index contributed by atoms with van der Waals surface area (Å²) in [7, 11) is -3.51. The third-order valence-electron chi connectivity index (χ3n) is 3.68. The zero-order valence-electron chi connectivity index (χ0n) is 12.9. The second-order valence-corrected chi connectivity index (χ2v) is 8.05. The number of halogens is 3. The molecular formula is C15H15F3N2O3S. The van der Waals surface area contributed by atoms with Crippen LogP contribution in [-0.2, 0) is 21.6 Å². The largest absolute Gasteiger partial charge is 0.407 e. The smallest absolute Gasteiger partial charge is 0.383 e. The Balaban J connectivity index is 2.58. The number of H-pyrrole nitrogens is 1. The van der Waals surface area contributed by atoms with Crippen LogP contribution in [0.5, 0.6) is 0 Å². The summed E-state index contributed by atoms with van der Waals surface area (Å²) in [6.07, 6.45) is -4.69. The first-order valence-corrected chi connectivity index (χ1v) is 8.76. The Labute approximate surface area is 136 Å². The molecule has 1 atom stereocenters. The van der Waals surface area contributed by atoms with Gasteiger partial charge in [-0.05, 0) is 30.5 Å². The van der Waals surface area contributed by atoms with Crippen LogP contribution in [0.2, 0.25) is 0 Å². The van der Waals surface area contributed by atoms with Crippen molar-refractivity contribution in [1.82, 2.24) is 4.98 Å². The number of aromatic amines is 1. The average molecular weight is 360 g/mol. The van der Waals surface area contributed by atoms with Crippen LogP contribution in [0.3, 0.4) is 0 Å². The minimum Gasteiger partial charge on any atom is -0.383 e. The van der Waals surface area contributed by atoms with Crippen molar-refractivity contribution in [2.45, 2.75) is 25.6 Å². The topological polar surface area (TPSA) is 74.5 Å². The van der Waals surface area contributed by atoms with Gasteiger partial charge >= 0.3 is 6.18 Å². The van der Waals surface area contributed by atoms with Gasteiger partial charge < -0.3 is 10.1 Å². The molecule has 0 radical (unpaired) electrons. The van der Waals surface area contributed by atoms with E-state index in [1.165, 1.54) is 19.9 Å². The SMILES string of the molecule is [C-]#[N+]c1cc2cc(C(C)(O)CS(=O)(=O)CC)[nH]c2cc1C(F)(F)F. The molecule has 0 saturated carbocycles. The Bertz CT molecular complexity index is 922. The number of benzene rings is 1. The Morgan fingerprint density at radius 1 is 1.29 bits per heavy atom. The van der Waals surface area contributed by atoms with E-state index in [1.807, 2.05) is 0 Å². The van der Waals surface area contributed by atoms with Crippen LogP contribution in [0.1, 0.15) is 25.1 Å². The highest BCUT2D eigenvalue weighted by atomic mass is 32.2. The van der Waals surface area contributed by atoms with Crippen LogP contribution in [-0.4, -0.2) is 30.0 Å². The molecule has 1 aromatic heterocycles. The summed E-state index contributed by atoms with van der Waals surface area (Å²) in [5, 5.41) is 10.7. The lowest BCUT2D eigenvalue weighted by Crippen LogP contribution is -2.32. The molecule has 0 saturated heterocycles. The molecule has 2 N–H and O–H groups in total. The number of aromatic nitrogens is 1. The first-order valence-electron chi connectivity index (χ1n) is 6.94. The molecule has 2 rings (SSSR count). The summed E-state index contributed by atoms with van der Waals surface area (Å²) in [4.78, 5) is 5.52. The second kappa shape index (κ2) is 5.79. The van der Waals surface area contributed by atoms with E-state index in [9.17, 15) is 26.7 Å². The van der Waals surface area contributed by atoms with Gasteiger partial charge in [-0.25, -0.2) is 13.3 Å². The number of rotatable bonds is 4. The van der Waals surface area contributed by atoms with Gasteiger partial charge in [0.2, 0.25) is 0 Å². The van der Waals surface area contributed by atoms with Crippen molar-refractivity contribution in [1.29, 1.82) is 0 Å². The molecule has 0 aliphatic carbocycles. The van der Waals surface area contributed by atoms with Crippen molar-refractivity contribution in [3.05, 3.63) is 40.9 Å². The molecule has 0 fully saturated rings. The fourth-order valence-electron chi connectivity index (χ4n) is 2.39. The quantitative estimate of drug-likeness (QED) is 0.821. The monoisotopic (exact) mass is 360 g/mol. The van der Waals surface area contributed by atoms with Gasteiger partial charge in [-0.1, -0.05) is 6.92 Å². The Hall–Kier alpha value is -2.05. The second-order valence-electron chi connectivity index (χ2n) is 5.70.